The maximum absolute atomic E-state index is 12.3. The second kappa shape index (κ2) is 6.35. The van der Waals surface area contributed by atoms with E-state index in [9.17, 15) is 4.79 Å². The smallest absolute Gasteiger partial charge is 0.509 e. The van der Waals surface area contributed by atoms with E-state index < -0.39 is 18.9 Å². The monoisotopic (exact) mass is 320 g/mol. The number of carbonyl (C=O) groups is 1. The Kier molecular flexibility index (Phi) is 4.67. The number of ether oxygens (including phenoxy) is 1. The van der Waals surface area contributed by atoms with Gasteiger partial charge in [-0.3, -0.25) is 4.68 Å². The van der Waals surface area contributed by atoms with Crippen molar-refractivity contribution in [1.29, 1.82) is 0 Å². The summed E-state index contributed by atoms with van der Waals surface area (Å²) in [7, 11) is -0.345. The molecule has 0 aromatic carbocycles. The van der Waals surface area contributed by atoms with Crippen LogP contribution in [0.15, 0.2) is 18.6 Å². The summed E-state index contributed by atoms with van der Waals surface area (Å²) in [5.41, 5.74) is -0.0253. The molecule has 122 valence electrons. The van der Waals surface area contributed by atoms with Crippen LogP contribution in [0.3, 0.4) is 0 Å². The summed E-state index contributed by atoms with van der Waals surface area (Å²) in [6, 6.07) is 0. The molecule has 2 aromatic rings. The van der Waals surface area contributed by atoms with Gasteiger partial charge in [0.15, 0.2) is 11.5 Å². The lowest BCUT2D eigenvalue weighted by atomic mass is 10.2. The molecule has 0 saturated carbocycles. The topological polar surface area (TPSA) is 120 Å². The molecule has 0 saturated heterocycles. The number of nitrogens with zero attached hydrogens (tertiary/aromatic N) is 4. The lowest BCUT2D eigenvalue weighted by molar-refractivity contribution is 0.00584. The summed E-state index contributed by atoms with van der Waals surface area (Å²) in [5, 5.41) is 21.5. The van der Waals surface area contributed by atoms with Crippen LogP contribution >= 0.6 is 0 Å². The maximum atomic E-state index is 12.3. The minimum atomic E-state index is -1.96. The molecular weight excluding hydrogens is 303 g/mol. The third kappa shape index (κ3) is 4.27. The molecule has 0 unspecified atom stereocenters. The molecule has 0 amide bonds. The van der Waals surface area contributed by atoms with Crippen molar-refractivity contribution in [2.45, 2.75) is 26.4 Å². The first-order valence-corrected chi connectivity index (χ1v) is 6.78. The molecule has 2 N–H and O–H groups in total. The molecule has 2 aromatic heterocycles. The Morgan fingerprint density at radius 1 is 1.22 bits per heavy atom. The molecule has 2 heterocycles. The first-order valence-electron chi connectivity index (χ1n) is 6.78. The highest BCUT2D eigenvalue weighted by molar-refractivity contribution is 6.33. The molecule has 0 fully saturated rings. The van der Waals surface area contributed by atoms with Crippen LogP contribution in [0.1, 0.15) is 31.3 Å². The third-order valence-corrected chi connectivity index (χ3v) is 2.64. The van der Waals surface area contributed by atoms with Crippen molar-refractivity contribution < 1.29 is 24.2 Å². The number of rotatable bonds is 4. The van der Waals surface area contributed by atoms with Crippen LogP contribution in [0.4, 0.5) is 0 Å². The van der Waals surface area contributed by atoms with Crippen molar-refractivity contribution in [2.24, 2.45) is 7.05 Å². The highest BCUT2D eigenvalue weighted by Gasteiger charge is 2.25. The van der Waals surface area contributed by atoms with Crippen LogP contribution in [0.5, 0.6) is 5.75 Å². The summed E-state index contributed by atoms with van der Waals surface area (Å²) in [5.74, 6) is -0.229. The fourth-order valence-corrected chi connectivity index (χ4v) is 1.81. The van der Waals surface area contributed by atoms with E-state index in [1.807, 2.05) is 0 Å². The normalized spacial score (nSPS) is 11.2. The van der Waals surface area contributed by atoms with Gasteiger partial charge in [0.1, 0.15) is 11.4 Å². The number of aryl methyl sites for hydroxylation is 1. The second-order valence-corrected chi connectivity index (χ2v) is 5.72. The number of hydrogen-bond acceptors (Lipinski definition) is 8. The van der Waals surface area contributed by atoms with Crippen molar-refractivity contribution in [3.05, 3.63) is 24.3 Å². The molecule has 0 atom stereocenters. The molecular formula is C13H17BN4O5. The van der Waals surface area contributed by atoms with Gasteiger partial charge in [-0.2, -0.15) is 5.10 Å². The first-order chi connectivity index (χ1) is 10.7. The SMILES string of the molecule is Cn1ncc(-c2ncc(OB(O)O)cn2)c1C(=O)OC(C)(C)C. The third-order valence-electron chi connectivity index (χ3n) is 2.64. The summed E-state index contributed by atoms with van der Waals surface area (Å²) in [4.78, 5) is 20.4. The van der Waals surface area contributed by atoms with E-state index in [0.717, 1.165) is 0 Å². The Labute approximate surface area is 133 Å². The van der Waals surface area contributed by atoms with Crippen LogP contribution in [0, 0.1) is 0 Å². The highest BCUT2D eigenvalue weighted by atomic mass is 16.6. The fourth-order valence-electron chi connectivity index (χ4n) is 1.81. The van der Waals surface area contributed by atoms with Gasteiger partial charge in [0, 0.05) is 7.05 Å². The number of aromatic nitrogens is 4. The first kappa shape index (κ1) is 16.9. The van der Waals surface area contributed by atoms with E-state index in [1.54, 1.807) is 27.8 Å². The van der Waals surface area contributed by atoms with Gasteiger partial charge >= 0.3 is 13.3 Å². The number of esters is 1. The van der Waals surface area contributed by atoms with E-state index in [-0.39, 0.29) is 17.3 Å². The van der Waals surface area contributed by atoms with Crippen LogP contribution < -0.4 is 4.65 Å². The number of carbonyl (C=O) groups excluding carboxylic acids is 1. The van der Waals surface area contributed by atoms with E-state index in [1.165, 1.54) is 23.3 Å². The largest absolute Gasteiger partial charge is 0.707 e. The van der Waals surface area contributed by atoms with Gasteiger partial charge < -0.3 is 19.4 Å². The van der Waals surface area contributed by atoms with Crippen molar-refractivity contribution in [3.8, 4) is 17.1 Å². The molecule has 0 radical (unpaired) electrons. The van der Waals surface area contributed by atoms with Gasteiger partial charge in [0.2, 0.25) is 0 Å². The standard InChI is InChI=1S/C13H17BN4O5/c1-13(2,3)22-12(19)10-9(7-17-18(10)4)11-15-5-8(6-16-11)23-14(20)21/h5-7,20-21H,1-4H3. The summed E-state index contributed by atoms with van der Waals surface area (Å²) < 4.78 is 11.4. The van der Waals surface area contributed by atoms with Gasteiger partial charge in [-0.15, -0.1) is 0 Å². The van der Waals surface area contributed by atoms with Gasteiger partial charge in [-0.25, -0.2) is 14.8 Å². The summed E-state index contributed by atoms with van der Waals surface area (Å²) >= 11 is 0. The molecule has 9 nitrogen and oxygen atoms in total. The van der Waals surface area contributed by atoms with Crippen molar-refractivity contribution >= 4 is 13.3 Å². The highest BCUT2D eigenvalue weighted by Crippen LogP contribution is 2.23. The van der Waals surface area contributed by atoms with Crippen LogP contribution in [-0.4, -0.2) is 48.7 Å². The Bertz CT molecular complexity index is 693. The Morgan fingerprint density at radius 2 is 1.83 bits per heavy atom. The molecule has 2 rings (SSSR count). The summed E-state index contributed by atoms with van der Waals surface area (Å²) in [6.07, 6.45) is 3.97. The van der Waals surface area contributed by atoms with E-state index >= 15 is 0 Å². The zero-order chi connectivity index (χ0) is 17.2. The predicted molar refractivity (Wildman–Crippen MR) is 80.2 cm³/mol. The molecule has 0 aliphatic heterocycles. The Morgan fingerprint density at radius 3 is 2.35 bits per heavy atom. The Hall–Kier alpha value is -2.46. The number of hydrogen-bond donors (Lipinski definition) is 2. The zero-order valence-corrected chi connectivity index (χ0v) is 13.2. The molecule has 0 spiro atoms. The summed E-state index contributed by atoms with van der Waals surface area (Å²) in [6.45, 7) is 5.30. The zero-order valence-electron chi connectivity index (χ0n) is 13.2. The van der Waals surface area contributed by atoms with Crippen LogP contribution in [0.2, 0.25) is 0 Å². The molecule has 0 bridgehead atoms. The van der Waals surface area contributed by atoms with Crippen LogP contribution in [-0.2, 0) is 11.8 Å². The maximum Gasteiger partial charge on any atom is 0.707 e. The Balaban J connectivity index is 2.32. The lowest BCUT2D eigenvalue weighted by Crippen LogP contribution is -2.25. The molecule has 0 aliphatic rings. The average Bonchev–Trinajstić information content (AvgIpc) is 2.79. The minimum Gasteiger partial charge on any atom is -0.509 e. The molecule has 10 heteroatoms. The molecule has 0 aliphatic carbocycles. The van der Waals surface area contributed by atoms with Crippen molar-refractivity contribution in [3.63, 3.8) is 0 Å². The van der Waals surface area contributed by atoms with Gasteiger partial charge in [-0.05, 0) is 20.8 Å². The van der Waals surface area contributed by atoms with Gasteiger partial charge in [0.05, 0.1) is 24.2 Å². The van der Waals surface area contributed by atoms with E-state index in [4.69, 9.17) is 14.8 Å². The minimum absolute atomic E-state index is 0.0754. The average molecular weight is 320 g/mol. The van der Waals surface area contributed by atoms with Crippen LogP contribution in [0.25, 0.3) is 11.4 Å². The van der Waals surface area contributed by atoms with Crippen molar-refractivity contribution in [2.75, 3.05) is 0 Å². The molecule has 23 heavy (non-hydrogen) atoms. The van der Waals surface area contributed by atoms with E-state index in [0.29, 0.717) is 5.56 Å². The lowest BCUT2D eigenvalue weighted by Gasteiger charge is -2.19. The van der Waals surface area contributed by atoms with Gasteiger partial charge in [-0.1, -0.05) is 0 Å². The van der Waals surface area contributed by atoms with Gasteiger partial charge in [0.25, 0.3) is 0 Å². The quantitative estimate of drug-likeness (QED) is 0.605. The van der Waals surface area contributed by atoms with E-state index in [2.05, 4.69) is 19.7 Å². The second-order valence-electron chi connectivity index (χ2n) is 5.72. The fraction of sp³-hybridized carbons (Fsp3) is 0.385. The predicted octanol–water partition coefficient (Wildman–Crippen LogP) is 0.181. The van der Waals surface area contributed by atoms with Crippen molar-refractivity contribution in [1.82, 2.24) is 19.7 Å².